The number of rotatable bonds is 11. The van der Waals surface area contributed by atoms with Gasteiger partial charge >= 0.3 is 0 Å². The third-order valence-electron chi connectivity index (χ3n) is 4.61. The summed E-state index contributed by atoms with van der Waals surface area (Å²) in [6.45, 7) is 5.35. The minimum Gasteiger partial charge on any atom is -0.504 e. The Morgan fingerprint density at radius 1 is 1.14 bits per heavy atom. The van der Waals surface area contributed by atoms with Crippen LogP contribution in [-0.4, -0.2) is 49.8 Å². The highest BCUT2D eigenvalue weighted by molar-refractivity contribution is 5.91. The second-order valence-corrected chi connectivity index (χ2v) is 6.59. The van der Waals surface area contributed by atoms with Crippen molar-refractivity contribution >= 4 is 12.0 Å². The largest absolute Gasteiger partial charge is 0.504 e. The highest BCUT2D eigenvalue weighted by Crippen LogP contribution is 2.26. The molecule has 156 valence electrons. The van der Waals surface area contributed by atoms with E-state index >= 15 is 0 Å². The third kappa shape index (κ3) is 7.16. The highest BCUT2D eigenvalue weighted by Gasteiger charge is 2.08. The van der Waals surface area contributed by atoms with E-state index in [2.05, 4.69) is 23.2 Å². The summed E-state index contributed by atoms with van der Waals surface area (Å²) in [7, 11) is 3.18. The van der Waals surface area contributed by atoms with Crippen molar-refractivity contribution in [3.05, 3.63) is 59.7 Å². The number of phenols is 1. The van der Waals surface area contributed by atoms with E-state index in [1.165, 1.54) is 19.3 Å². The molecule has 0 unspecified atom stereocenters. The van der Waals surface area contributed by atoms with Gasteiger partial charge in [-0.3, -0.25) is 9.69 Å². The monoisotopic (exact) mass is 398 g/mol. The van der Waals surface area contributed by atoms with E-state index in [0.29, 0.717) is 12.3 Å². The van der Waals surface area contributed by atoms with Crippen molar-refractivity contribution in [2.45, 2.75) is 19.9 Å². The third-order valence-corrected chi connectivity index (χ3v) is 4.61. The van der Waals surface area contributed by atoms with Crippen molar-refractivity contribution in [1.29, 1.82) is 0 Å². The molecule has 0 atom stereocenters. The number of ether oxygens (including phenoxy) is 2. The van der Waals surface area contributed by atoms with E-state index in [1.54, 1.807) is 25.3 Å². The van der Waals surface area contributed by atoms with Crippen LogP contribution in [0.1, 0.15) is 24.5 Å². The molecule has 0 heterocycles. The lowest BCUT2D eigenvalue weighted by Crippen LogP contribution is -2.29. The Hall–Kier alpha value is -2.99. The minimum atomic E-state index is -0.148. The first-order chi connectivity index (χ1) is 14.1. The van der Waals surface area contributed by atoms with Gasteiger partial charge in [0, 0.05) is 31.3 Å². The van der Waals surface area contributed by atoms with Crippen molar-refractivity contribution in [3.8, 4) is 17.2 Å². The topological polar surface area (TPSA) is 71.0 Å². The molecule has 0 aliphatic carbocycles. The molecule has 0 bridgehead atoms. The van der Waals surface area contributed by atoms with Crippen LogP contribution in [0.4, 0.5) is 0 Å². The van der Waals surface area contributed by atoms with Gasteiger partial charge in [0.25, 0.3) is 0 Å². The lowest BCUT2D eigenvalue weighted by Gasteiger charge is -2.21. The molecule has 0 saturated carbocycles. The number of amides is 1. The number of nitrogens with one attached hydrogen (secondary N) is 1. The van der Waals surface area contributed by atoms with E-state index < -0.39 is 0 Å². The Morgan fingerprint density at radius 3 is 2.62 bits per heavy atom. The molecule has 0 saturated heterocycles. The van der Waals surface area contributed by atoms with Crippen molar-refractivity contribution < 1.29 is 19.4 Å². The molecular weight excluding hydrogens is 368 g/mol. The smallest absolute Gasteiger partial charge is 0.243 e. The fourth-order valence-electron chi connectivity index (χ4n) is 2.97. The molecule has 0 radical (unpaired) electrons. The van der Waals surface area contributed by atoms with Crippen LogP contribution in [0.25, 0.3) is 6.08 Å². The number of carbonyl (C=O) groups is 1. The Labute approximate surface area is 172 Å². The quantitative estimate of drug-likeness (QED) is 0.448. The van der Waals surface area contributed by atoms with Crippen LogP contribution in [0, 0.1) is 0 Å². The number of aromatic hydroxyl groups is 1. The number of benzene rings is 2. The van der Waals surface area contributed by atoms with Gasteiger partial charge < -0.3 is 19.9 Å². The summed E-state index contributed by atoms with van der Waals surface area (Å²) in [4.78, 5) is 14.3. The van der Waals surface area contributed by atoms with Crippen LogP contribution in [0.5, 0.6) is 17.2 Å². The molecule has 2 aromatic carbocycles. The van der Waals surface area contributed by atoms with Gasteiger partial charge in [0.05, 0.1) is 14.2 Å². The van der Waals surface area contributed by atoms with Crippen LogP contribution in [0.2, 0.25) is 0 Å². The summed E-state index contributed by atoms with van der Waals surface area (Å²) in [6, 6.07) is 13.0. The van der Waals surface area contributed by atoms with E-state index in [0.717, 1.165) is 42.9 Å². The van der Waals surface area contributed by atoms with Crippen LogP contribution in [0.3, 0.4) is 0 Å². The van der Waals surface area contributed by atoms with Gasteiger partial charge in [0.1, 0.15) is 5.75 Å². The van der Waals surface area contributed by atoms with Crippen molar-refractivity contribution in [3.63, 3.8) is 0 Å². The summed E-state index contributed by atoms with van der Waals surface area (Å²) >= 11 is 0. The van der Waals surface area contributed by atoms with Gasteiger partial charge in [-0.1, -0.05) is 31.2 Å². The number of hydrogen-bond acceptors (Lipinski definition) is 5. The normalized spacial score (nSPS) is 11.0. The van der Waals surface area contributed by atoms with Gasteiger partial charge in [0.15, 0.2) is 11.5 Å². The SMILES string of the molecule is CCN(CCCNC(=O)/C=C/c1ccc(O)c(OC)c1)Cc1ccccc1OC. The Morgan fingerprint density at radius 2 is 1.90 bits per heavy atom. The predicted octanol–water partition coefficient (Wildman–Crippen LogP) is 3.45. The summed E-state index contributed by atoms with van der Waals surface area (Å²) in [5, 5.41) is 12.5. The predicted molar refractivity (Wildman–Crippen MR) is 115 cm³/mol. The zero-order valence-corrected chi connectivity index (χ0v) is 17.4. The first-order valence-electron chi connectivity index (χ1n) is 9.74. The van der Waals surface area contributed by atoms with Crippen molar-refractivity contribution in [2.24, 2.45) is 0 Å². The summed E-state index contributed by atoms with van der Waals surface area (Å²) < 4.78 is 10.5. The van der Waals surface area contributed by atoms with E-state index in [4.69, 9.17) is 9.47 Å². The van der Waals surface area contributed by atoms with E-state index in [1.807, 2.05) is 18.2 Å². The van der Waals surface area contributed by atoms with Crippen LogP contribution in [0.15, 0.2) is 48.5 Å². The number of nitrogens with zero attached hydrogens (tertiary/aromatic N) is 1. The van der Waals surface area contributed by atoms with E-state index in [-0.39, 0.29) is 11.7 Å². The zero-order valence-electron chi connectivity index (χ0n) is 17.4. The Bertz CT molecular complexity index is 820. The molecule has 1 amide bonds. The van der Waals surface area contributed by atoms with E-state index in [9.17, 15) is 9.90 Å². The molecule has 0 aliphatic heterocycles. The molecule has 6 nitrogen and oxygen atoms in total. The zero-order chi connectivity index (χ0) is 21.1. The fraction of sp³-hybridized carbons (Fsp3) is 0.348. The molecule has 2 aromatic rings. The molecule has 0 aliphatic rings. The Balaban J connectivity index is 1.76. The van der Waals surface area contributed by atoms with Crippen molar-refractivity contribution in [2.75, 3.05) is 33.9 Å². The average molecular weight is 399 g/mol. The molecule has 0 fully saturated rings. The number of carbonyl (C=O) groups excluding carboxylic acids is 1. The Kier molecular flexibility index (Phi) is 9.05. The van der Waals surface area contributed by atoms with Crippen LogP contribution in [-0.2, 0) is 11.3 Å². The molecule has 2 rings (SSSR count). The van der Waals surface area contributed by atoms with Gasteiger partial charge in [-0.25, -0.2) is 0 Å². The molecular formula is C23H30N2O4. The minimum absolute atomic E-state index is 0.0719. The molecule has 29 heavy (non-hydrogen) atoms. The number of methoxy groups -OCH3 is 2. The maximum absolute atomic E-state index is 12.0. The lowest BCUT2D eigenvalue weighted by atomic mass is 10.2. The van der Waals surface area contributed by atoms with Gasteiger partial charge in [-0.2, -0.15) is 0 Å². The summed E-state index contributed by atoms with van der Waals surface area (Å²) in [5.41, 5.74) is 1.94. The average Bonchev–Trinajstić information content (AvgIpc) is 2.75. The van der Waals surface area contributed by atoms with Crippen LogP contribution < -0.4 is 14.8 Å². The summed E-state index contributed by atoms with van der Waals surface area (Å²) in [6.07, 6.45) is 4.03. The highest BCUT2D eigenvalue weighted by atomic mass is 16.5. The standard InChI is InChI=1S/C23H30N2O4/c1-4-25(17-19-8-5-6-9-21(19)28-2)15-7-14-24-23(27)13-11-18-10-12-20(26)22(16-18)29-3/h5-6,8-13,16,26H,4,7,14-15,17H2,1-3H3,(H,24,27)/b13-11+. The van der Waals surface area contributed by atoms with Crippen molar-refractivity contribution in [1.82, 2.24) is 10.2 Å². The summed E-state index contributed by atoms with van der Waals surface area (Å²) in [5.74, 6) is 1.20. The number of phenolic OH excluding ortho intramolecular Hbond substituents is 1. The number of hydrogen-bond donors (Lipinski definition) is 2. The first-order valence-corrected chi connectivity index (χ1v) is 9.74. The van der Waals surface area contributed by atoms with Gasteiger partial charge in [-0.05, 0) is 42.8 Å². The maximum atomic E-state index is 12.0. The second-order valence-electron chi connectivity index (χ2n) is 6.59. The number of para-hydroxylation sites is 1. The molecule has 2 N–H and O–H groups in total. The molecule has 0 spiro atoms. The van der Waals surface area contributed by atoms with Gasteiger partial charge in [0.2, 0.25) is 5.91 Å². The van der Waals surface area contributed by atoms with Crippen LogP contribution >= 0.6 is 0 Å². The van der Waals surface area contributed by atoms with Gasteiger partial charge in [-0.15, -0.1) is 0 Å². The lowest BCUT2D eigenvalue weighted by molar-refractivity contribution is -0.116. The first kappa shape index (κ1) is 22.3. The fourth-order valence-corrected chi connectivity index (χ4v) is 2.97. The second kappa shape index (κ2) is 11.8. The molecule has 0 aromatic heterocycles. The maximum Gasteiger partial charge on any atom is 0.243 e. The molecule has 6 heteroatoms.